The Kier molecular flexibility index (Phi) is 7.98. The summed E-state index contributed by atoms with van der Waals surface area (Å²) in [6.07, 6.45) is 0.838. The average molecular weight is 374 g/mol. The van der Waals surface area contributed by atoms with E-state index in [-0.39, 0.29) is 0 Å². The van der Waals surface area contributed by atoms with E-state index >= 15 is 0 Å². The minimum absolute atomic E-state index is 0.492. The van der Waals surface area contributed by atoms with Crippen LogP contribution in [-0.4, -0.2) is 37.7 Å². The van der Waals surface area contributed by atoms with Crippen molar-refractivity contribution in [2.24, 2.45) is 4.99 Å². The van der Waals surface area contributed by atoms with Gasteiger partial charge in [0.05, 0.1) is 25.5 Å². The number of nitrogens with zero attached hydrogens (tertiary/aromatic N) is 2. The van der Waals surface area contributed by atoms with E-state index in [1.54, 1.807) is 7.05 Å². The van der Waals surface area contributed by atoms with Crippen molar-refractivity contribution in [1.29, 1.82) is 0 Å². The molecule has 0 aliphatic carbocycles. The molecule has 1 aromatic carbocycles. The van der Waals surface area contributed by atoms with Crippen LogP contribution < -0.4 is 20.1 Å². The van der Waals surface area contributed by atoms with Crippen LogP contribution in [0.15, 0.2) is 27.6 Å². The predicted octanol–water partition coefficient (Wildman–Crippen LogP) is 3.00. The van der Waals surface area contributed by atoms with Crippen LogP contribution in [-0.2, 0) is 13.0 Å². The Morgan fingerprint density at radius 3 is 2.48 bits per heavy atom. The molecule has 1 heterocycles. The second-order valence-electron chi connectivity index (χ2n) is 6.00. The summed E-state index contributed by atoms with van der Waals surface area (Å²) in [5.74, 6) is 3.77. The molecule has 0 radical (unpaired) electrons. The van der Waals surface area contributed by atoms with E-state index in [9.17, 15) is 0 Å². The molecule has 0 aliphatic rings. The van der Waals surface area contributed by atoms with Gasteiger partial charge in [-0.15, -0.1) is 0 Å². The van der Waals surface area contributed by atoms with Gasteiger partial charge in [0.1, 0.15) is 5.76 Å². The van der Waals surface area contributed by atoms with E-state index < -0.39 is 0 Å². The fourth-order valence-electron chi connectivity index (χ4n) is 2.57. The van der Waals surface area contributed by atoms with Gasteiger partial charge in [-0.25, -0.2) is 4.98 Å². The van der Waals surface area contributed by atoms with E-state index in [0.29, 0.717) is 31.6 Å². The lowest BCUT2D eigenvalue weighted by molar-refractivity contribution is 0.287. The highest BCUT2D eigenvalue weighted by Gasteiger charge is 2.08. The maximum absolute atomic E-state index is 5.68. The Labute approximate surface area is 161 Å². The van der Waals surface area contributed by atoms with Crippen molar-refractivity contribution in [3.8, 4) is 11.5 Å². The van der Waals surface area contributed by atoms with E-state index in [4.69, 9.17) is 13.9 Å². The summed E-state index contributed by atoms with van der Waals surface area (Å²) in [4.78, 5) is 8.59. The zero-order valence-corrected chi connectivity index (χ0v) is 16.9. The number of hydrogen-bond acceptors (Lipinski definition) is 5. The summed E-state index contributed by atoms with van der Waals surface area (Å²) >= 11 is 0. The van der Waals surface area contributed by atoms with Gasteiger partial charge in [-0.2, -0.15) is 0 Å². The highest BCUT2D eigenvalue weighted by Crippen LogP contribution is 2.28. The number of ether oxygens (including phenoxy) is 2. The number of nitrogens with one attached hydrogen (secondary N) is 2. The van der Waals surface area contributed by atoms with Gasteiger partial charge < -0.3 is 24.5 Å². The molecule has 1 aromatic heterocycles. The Balaban J connectivity index is 1.85. The fourth-order valence-corrected chi connectivity index (χ4v) is 2.57. The Morgan fingerprint density at radius 2 is 1.85 bits per heavy atom. The second kappa shape index (κ2) is 10.4. The van der Waals surface area contributed by atoms with Gasteiger partial charge in [-0.05, 0) is 51.8 Å². The first-order valence-electron chi connectivity index (χ1n) is 9.33. The quantitative estimate of drug-likeness (QED) is 0.519. The molecule has 0 saturated heterocycles. The lowest BCUT2D eigenvalue weighted by atomic mass is 10.1. The minimum Gasteiger partial charge on any atom is -0.490 e. The molecule has 0 bridgehead atoms. The van der Waals surface area contributed by atoms with Crippen LogP contribution in [0.25, 0.3) is 0 Å². The third kappa shape index (κ3) is 6.20. The molecule has 0 amide bonds. The van der Waals surface area contributed by atoms with Crippen LogP contribution in [0.4, 0.5) is 0 Å². The highest BCUT2D eigenvalue weighted by atomic mass is 16.5. The largest absolute Gasteiger partial charge is 0.490 e. The Morgan fingerprint density at radius 1 is 1.11 bits per heavy atom. The molecule has 148 valence electrons. The van der Waals surface area contributed by atoms with E-state index in [0.717, 1.165) is 35.9 Å². The number of aromatic nitrogens is 1. The summed E-state index contributed by atoms with van der Waals surface area (Å²) in [6, 6.07) is 6.05. The van der Waals surface area contributed by atoms with Gasteiger partial charge in [-0.3, -0.25) is 4.99 Å². The molecule has 0 aliphatic heterocycles. The number of aliphatic imine (C=N–C) groups is 1. The summed E-state index contributed by atoms with van der Waals surface area (Å²) in [6.45, 7) is 10.2. The molecule has 2 rings (SSSR count). The molecule has 0 unspecified atom stereocenters. The van der Waals surface area contributed by atoms with Crippen molar-refractivity contribution < 1.29 is 13.9 Å². The van der Waals surface area contributed by atoms with E-state index in [2.05, 4.69) is 26.7 Å². The van der Waals surface area contributed by atoms with Gasteiger partial charge in [0.25, 0.3) is 0 Å². The third-order valence-electron chi connectivity index (χ3n) is 4.02. The Hall–Kier alpha value is -2.70. The number of guanidine groups is 1. The summed E-state index contributed by atoms with van der Waals surface area (Å²) < 4.78 is 16.9. The first-order chi connectivity index (χ1) is 13.1. The minimum atomic E-state index is 0.492. The number of aryl methyl sites for hydroxylation is 2. The van der Waals surface area contributed by atoms with Crippen molar-refractivity contribution in [3.05, 3.63) is 41.1 Å². The first kappa shape index (κ1) is 20.6. The molecule has 0 fully saturated rings. The monoisotopic (exact) mass is 374 g/mol. The van der Waals surface area contributed by atoms with Crippen molar-refractivity contribution in [1.82, 2.24) is 15.6 Å². The number of oxazole rings is 1. The van der Waals surface area contributed by atoms with E-state index in [1.165, 1.54) is 5.56 Å². The first-order valence-corrected chi connectivity index (χ1v) is 9.33. The van der Waals surface area contributed by atoms with Gasteiger partial charge in [0, 0.05) is 13.6 Å². The highest BCUT2D eigenvalue weighted by molar-refractivity contribution is 5.79. The number of rotatable bonds is 9. The average Bonchev–Trinajstić information content (AvgIpc) is 2.98. The van der Waals surface area contributed by atoms with Crippen molar-refractivity contribution in [2.75, 3.05) is 26.8 Å². The maximum Gasteiger partial charge on any atom is 0.214 e. The molecule has 27 heavy (non-hydrogen) atoms. The topological polar surface area (TPSA) is 80.9 Å². The Bertz CT molecular complexity index is 736. The maximum atomic E-state index is 5.68. The van der Waals surface area contributed by atoms with Crippen LogP contribution in [0, 0.1) is 13.8 Å². The fraction of sp³-hybridized carbons (Fsp3) is 0.500. The third-order valence-corrected chi connectivity index (χ3v) is 4.02. The van der Waals surface area contributed by atoms with Crippen LogP contribution in [0.5, 0.6) is 11.5 Å². The van der Waals surface area contributed by atoms with Crippen LogP contribution in [0.2, 0.25) is 0 Å². The van der Waals surface area contributed by atoms with Crippen LogP contribution in [0.3, 0.4) is 0 Å². The molecular formula is C20H30N4O3. The number of hydrogen-bond donors (Lipinski definition) is 2. The van der Waals surface area contributed by atoms with Crippen molar-refractivity contribution >= 4 is 5.96 Å². The van der Waals surface area contributed by atoms with Crippen LogP contribution >= 0.6 is 0 Å². The lowest BCUT2D eigenvalue weighted by Crippen LogP contribution is -2.37. The number of benzene rings is 1. The standard InChI is InChI=1S/C20H30N4O3/c1-6-25-17-9-8-16(12-18(17)26-7-2)10-11-22-20(21-5)23-13-19-24-14(3)15(4)27-19/h8-9,12H,6-7,10-11,13H2,1-5H3,(H2,21,22,23). The lowest BCUT2D eigenvalue weighted by Gasteiger charge is -2.13. The predicted molar refractivity (Wildman–Crippen MR) is 107 cm³/mol. The van der Waals surface area contributed by atoms with E-state index in [1.807, 2.05) is 39.8 Å². The summed E-state index contributed by atoms with van der Waals surface area (Å²) in [5, 5.41) is 6.51. The van der Waals surface area contributed by atoms with Gasteiger partial charge in [0.15, 0.2) is 17.5 Å². The molecule has 0 saturated carbocycles. The van der Waals surface area contributed by atoms with Gasteiger partial charge in [0.2, 0.25) is 5.89 Å². The summed E-state index contributed by atoms with van der Waals surface area (Å²) in [5.41, 5.74) is 2.08. The zero-order chi connectivity index (χ0) is 19.6. The normalized spacial score (nSPS) is 11.4. The van der Waals surface area contributed by atoms with Crippen LogP contribution in [0.1, 0.15) is 36.8 Å². The SMILES string of the molecule is CCOc1ccc(CCNC(=NC)NCc2nc(C)c(C)o2)cc1OCC. The summed E-state index contributed by atoms with van der Waals surface area (Å²) in [7, 11) is 1.74. The molecule has 7 nitrogen and oxygen atoms in total. The molecule has 2 N–H and O–H groups in total. The van der Waals surface area contributed by atoms with Crippen molar-refractivity contribution in [3.63, 3.8) is 0 Å². The molecule has 0 spiro atoms. The van der Waals surface area contributed by atoms with Gasteiger partial charge in [-0.1, -0.05) is 6.07 Å². The smallest absolute Gasteiger partial charge is 0.214 e. The molecule has 0 atom stereocenters. The van der Waals surface area contributed by atoms with Gasteiger partial charge >= 0.3 is 0 Å². The molecule has 7 heteroatoms. The second-order valence-corrected chi connectivity index (χ2v) is 6.00. The van der Waals surface area contributed by atoms with Crippen molar-refractivity contribution in [2.45, 2.75) is 40.7 Å². The molecule has 2 aromatic rings. The zero-order valence-electron chi connectivity index (χ0n) is 16.9. The molecular weight excluding hydrogens is 344 g/mol.